The largest absolute Gasteiger partial charge is 0.467 e. The number of esters is 1. The number of carbonyl (C=O) groups excluding carboxylic acids is 3. The quantitative estimate of drug-likeness (QED) is 0.746. The summed E-state index contributed by atoms with van der Waals surface area (Å²) in [4.78, 5) is 35.3. The van der Waals surface area contributed by atoms with Crippen LogP contribution in [-0.4, -0.2) is 37.0 Å². The summed E-state index contributed by atoms with van der Waals surface area (Å²) in [5.41, 5.74) is 1.07. The van der Waals surface area contributed by atoms with Crippen LogP contribution in [0.3, 0.4) is 0 Å². The highest BCUT2D eigenvalue weighted by molar-refractivity contribution is 5.93. The number of rotatable bonds is 5. The monoisotopic (exact) mass is 315 g/mol. The van der Waals surface area contributed by atoms with Gasteiger partial charge in [-0.1, -0.05) is 18.2 Å². The molecular formula is C16H17N3O4. The van der Waals surface area contributed by atoms with Crippen molar-refractivity contribution in [2.45, 2.75) is 31.3 Å². The third-order valence-corrected chi connectivity index (χ3v) is 3.68. The van der Waals surface area contributed by atoms with Crippen LogP contribution in [0, 0.1) is 11.3 Å². The van der Waals surface area contributed by atoms with Crippen molar-refractivity contribution in [2.24, 2.45) is 0 Å². The molecule has 120 valence electrons. The maximum absolute atomic E-state index is 12.2. The molecule has 0 aliphatic carbocycles. The van der Waals surface area contributed by atoms with E-state index in [1.165, 1.54) is 7.11 Å². The predicted molar refractivity (Wildman–Crippen MR) is 80.0 cm³/mol. The predicted octanol–water partition coefficient (Wildman–Crippen LogP) is 0.0372. The number of carbonyl (C=O) groups is 3. The first-order valence-corrected chi connectivity index (χ1v) is 7.20. The summed E-state index contributed by atoms with van der Waals surface area (Å²) in [5, 5.41) is 14.2. The van der Waals surface area contributed by atoms with Gasteiger partial charge in [-0.2, -0.15) is 5.26 Å². The Labute approximate surface area is 133 Å². The zero-order chi connectivity index (χ0) is 16.8. The van der Waals surface area contributed by atoms with Crippen molar-refractivity contribution >= 4 is 17.8 Å². The molecule has 23 heavy (non-hydrogen) atoms. The van der Waals surface area contributed by atoms with Gasteiger partial charge in [-0.3, -0.25) is 9.59 Å². The first-order chi connectivity index (χ1) is 11.0. The van der Waals surface area contributed by atoms with Crippen LogP contribution in [0.4, 0.5) is 0 Å². The molecule has 1 fully saturated rings. The van der Waals surface area contributed by atoms with Crippen LogP contribution >= 0.6 is 0 Å². The van der Waals surface area contributed by atoms with Gasteiger partial charge in [-0.05, 0) is 18.1 Å². The van der Waals surface area contributed by atoms with E-state index < -0.39 is 24.0 Å². The Kier molecular flexibility index (Phi) is 5.31. The van der Waals surface area contributed by atoms with E-state index in [0.29, 0.717) is 17.5 Å². The number of nitrogens with zero attached hydrogens (tertiary/aromatic N) is 1. The van der Waals surface area contributed by atoms with Gasteiger partial charge in [-0.15, -0.1) is 0 Å². The first kappa shape index (κ1) is 16.5. The highest BCUT2D eigenvalue weighted by Gasteiger charge is 2.31. The second kappa shape index (κ2) is 7.40. The fourth-order valence-electron chi connectivity index (χ4n) is 2.45. The molecule has 0 radical (unpaired) electrons. The summed E-state index contributed by atoms with van der Waals surface area (Å²) in [6.07, 6.45) is 0.828. The van der Waals surface area contributed by atoms with Crippen molar-refractivity contribution in [2.75, 3.05) is 7.11 Å². The molecular weight excluding hydrogens is 298 g/mol. The van der Waals surface area contributed by atoms with Gasteiger partial charge in [0.25, 0.3) is 0 Å². The van der Waals surface area contributed by atoms with Crippen molar-refractivity contribution in [3.63, 3.8) is 0 Å². The number of amides is 2. The van der Waals surface area contributed by atoms with Crippen molar-refractivity contribution in [3.05, 3.63) is 35.4 Å². The molecule has 7 nitrogen and oxygen atoms in total. The number of nitriles is 1. The first-order valence-electron chi connectivity index (χ1n) is 7.20. The lowest BCUT2D eigenvalue weighted by molar-refractivity contribution is -0.145. The zero-order valence-electron chi connectivity index (χ0n) is 12.7. The third-order valence-electron chi connectivity index (χ3n) is 3.68. The summed E-state index contributed by atoms with van der Waals surface area (Å²) < 4.78 is 4.72. The van der Waals surface area contributed by atoms with E-state index in [4.69, 9.17) is 10.00 Å². The standard InChI is InChI=1S/C16H17N3O4/c1-23-16(22)13(8-10-4-2-3-5-11(10)9-17)19-15(21)12-6-7-14(20)18-12/h2-5,12-13H,6-8H2,1H3,(H,18,20)(H,19,21)/t12-,13+/m0/s1. The van der Waals surface area contributed by atoms with Gasteiger partial charge in [0, 0.05) is 12.8 Å². The molecule has 1 aromatic rings. The van der Waals surface area contributed by atoms with E-state index in [1.54, 1.807) is 24.3 Å². The molecule has 0 unspecified atom stereocenters. The zero-order valence-corrected chi connectivity index (χ0v) is 12.7. The molecule has 2 rings (SSSR count). The Morgan fingerprint density at radius 2 is 2.22 bits per heavy atom. The second-order valence-electron chi connectivity index (χ2n) is 5.22. The molecule has 1 saturated heterocycles. The van der Waals surface area contributed by atoms with Gasteiger partial charge in [0.15, 0.2) is 0 Å². The average molecular weight is 315 g/mol. The third kappa shape index (κ3) is 4.07. The minimum Gasteiger partial charge on any atom is -0.467 e. The Balaban J connectivity index is 2.11. The van der Waals surface area contributed by atoms with Crippen LogP contribution in [0.1, 0.15) is 24.0 Å². The SMILES string of the molecule is COC(=O)[C@@H](Cc1ccccc1C#N)NC(=O)[C@@H]1CCC(=O)N1. The normalized spacial score (nSPS) is 17.7. The van der Waals surface area contributed by atoms with Gasteiger partial charge in [0.05, 0.1) is 18.7 Å². The summed E-state index contributed by atoms with van der Waals surface area (Å²) >= 11 is 0. The minimum atomic E-state index is -0.917. The smallest absolute Gasteiger partial charge is 0.328 e. The van der Waals surface area contributed by atoms with Gasteiger partial charge in [-0.25, -0.2) is 4.79 Å². The molecule has 0 spiro atoms. The number of nitrogens with one attached hydrogen (secondary N) is 2. The van der Waals surface area contributed by atoms with Crippen LogP contribution in [0.25, 0.3) is 0 Å². The topological polar surface area (TPSA) is 108 Å². The molecule has 2 N–H and O–H groups in total. The van der Waals surface area contributed by atoms with E-state index in [-0.39, 0.29) is 18.7 Å². The maximum Gasteiger partial charge on any atom is 0.328 e. The van der Waals surface area contributed by atoms with E-state index in [1.807, 2.05) is 0 Å². The Morgan fingerprint density at radius 1 is 1.48 bits per heavy atom. The fourth-order valence-corrected chi connectivity index (χ4v) is 2.45. The molecule has 0 saturated carbocycles. The van der Waals surface area contributed by atoms with Crippen molar-refractivity contribution < 1.29 is 19.1 Å². The van der Waals surface area contributed by atoms with Crippen LogP contribution in [0.15, 0.2) is 24.3 Å². The number of benzene rings is 1. The lowest BCUT2D eigenvalue weighted by Crippen LogP contribution is -2.50. The number of hydrogen-bond acceptors (Lipinski definition) is 5. The number of ether oxygens (including phenoxy) is 1. The molecule has 1 aliphatic heterocycles. The highest BCUT2D eigenvalue weighted by Crippen LogP contribution is 2.12. The van der Waals surface area contributed by atoms with Crippen LogP contribution < -0.4 is 10.6 Å². The number of methoxy groups -OCH3 is 1. The summed E-state index contributed by atoms with van der Waals surface area (Å²) in [6, 6.07) is 7.33. The van der Waals surface area contributed by atoms with Crippen molar-refractivity contribution in [1.29, 1.82) is 5.26 Å². The van der Waals surface area contributed by atoms with E-state index in [0.717, 1.165) is 0 Å². The van der Waals surface area contributed by atoms with Crippen molar-refractivity contribution in [1.82, 2.24) is 10.6 Å². The van der Waals surface area contributed by atoms with Gasteiger partial charge < -0.3 is 15.4 Å². The lowest BCUT2D eigenvalue weighted by Gasteiger charge is -2.19. The van der Waals surface area contributed by atoms with Crippen molar-refractivity contribution in [3.8, 4) is 6.07 Å². The molecule has 2 amide bonds. The molecule has 0 aromatic heterocycles. The molecule has 1 heterocycles. The average Bonchev–Trinajstić information content (AvgIpc) is 3.00. The van der Waals surface area contributed by atoms with Gasteiger partial charge in [0.1, 0.15) is 12.1 Å². The maximum atomic E-state index is 12.2. The Hall–Kier alpha value is -2.88. The van der Waals surface area contributed by atoms with E-state index in [9.17, 15) is 14.4 Å². The molecule has 1 aliphatic rings. The minimum absolute atomic E-state index is 0.142. The van der Waals surface area contributed by atoms with Crippen LogP contribution in [-0.2, 0) is 25.5 Å². The summed E-state index contributed by atoms with van der Waals surface area (Å²) in [5.74, 6) is -1.22. The molecule has 2 atom stereocenters. The molecule has 1 aromatic carbocycles. The summed E-state index contributed by atoms with van der Waals surface area (Å²) in [6.45, 7) is 0. The van der Waals surface area contributed by atoms with E-state index in [2.05, 4.69) is 16.7 Å². The fraction of sp³-hybridized carbons (Fsp3) is 0.375. The van der Waals surface area contributed by atoms with Crippen LogP contribution in [0.2, 0.25) is 0 Å². The Morgan fingerprint density at radius 3 is 2.83 bits per heavy atom. The lowest BCUT2D eigenvalue weighted by atomic mass is 10.0. The van der Waals surface area contributed by atoms with Gasteiger partial charge >= 0.3 is 5.97 Å². The molecule has 0 bridgehead atoms. The molecule has 7 heteroatoms. The summed E-state index contributed by atoms with van der Waals surface area (Å²) in [7, 11) is 1.23. The van der Waals surface area contributed by atoms with Crippen LogP contribution in [0.5, 0.6) is 0 Å². The highest BCUT2D eigenvalue weighted by atomic mass is 16.5. The van der Waals surface area contributed by atoms with E-state index >= 15 is 0 Å². The second-order valence-corrected chi connectivity index (χ2v) is 5.22. The van der Waals surface area contributed by atoms with Gasteiger partial charge in [0.2, 0.25) is 11.8 Å². The Bertz CT molecular complexity index is 666. The number of hydrogen-bond donors (Lipinski definition) is 2.